The van der Waals surface area contributed by atoms with Crippen LogP contribution in [-0.2, 0) is 19.6 Å². The second kappa shape index (κ2) is 11.9. The van der Waals surface area contributed by atoms with Crippen LogP contribution in [0.4, 0.5) is 0 Å². The van der Waals surface area contributed by atoms with E-state index in [0.29, 0.717) is 22.1 Å². The highest BCUT2D eigenvalue weighted by atomic mass is 32.2. The molecule has 222 valence electrons. The number of benzene rings is 2. The molecular formula is C31H34N2O8S. The van der Waals surface area contributed by atoms with Gasteiger partial charge in [0.1, 0.15) is 17.4 Å². The van der Waals surface area contributed by atoms with E-state index in [1.165, 1.54) is 27.2 Å². The van der Waals surface area contributed by atoms with Crippen LogP contribution in [0.25, 0.3) is 16.5 Å². The number of carbonyl (C=O) groups excluding carboxylic acids is 3. The Kier molecular flexibility index (Phi) is 8.74. The molecule has 1 aliphatic carbocycles. The van der Waals surface area contributed by atoms with Crippen molar-refractivity contribution in [1.82, 2.24) is 10.0 Å². The Morgan fingerprint density at radius 3 is 2.29 bits per heavy atom. The first kappa shape index (κ1) is 30.7. The fourth-order valence-corrected chi connectivity index (χ4v) is 6.63. The standard InChI is InChI=1S/C31H34N2O8S/c1-18(2)26(30(36)40-6)33-42(37,38)31(16-14-22(15-17-31)21-10-8-7-9-11-21)32-29(35)27-19(3)25-24(41-27)13-12-23(20(4)34)28(25)39-5/h7-16,18,26,33H,17H2,1-6H3,(H,32,35)/t26-,31?/m0/s1. The minimum absolute atomic E-state index is 0.141. The van der Waals surface area contributed by atoms with Crippen molar-refractivity contribution >= 4 is 44.2 Å². The van der Waals surface area contributed by atoms with Gasteiger partial charge in [0.15, 0.2) is 16.4 Å². The maximum atomic E-state index is 14.0. The third kappa shape index (κ3) is 5.62. The third-order valence-electron chi connectivity index (χ3n) is 7.31. The molecule has 10 nitrogen and oxygen atoms in total. The normalized spacial score (nSPS) is 17.5. The van der Waals surface area contributed by atoms with Gasteiger partial charge in [-0.3, -0.25) is 14.4 Å². The lowest BCUT2D eigenvalue weighted by atomic mass is 9.96. The molecule has 3 aromatic rings. The second-order valence-corrected chi connectivity index (χ2v) is 12.4. The maximum absolute atomic E-state index is 14.0. The monoisotopic (exact) mass is 594 g/mol. The Bertz CT molecular complexity index is 1700. The smallest absolute Gasteiger partial charge is 0.324 e. The van der Waals surface area contributed by atoms with Crippen LogP contribution in [-0.4, -0.2) is 51.2 Å². The molecular weight excluding hydrogens is 560 g/mol. The summed E-state index contributed by atoms with van der Waals surface area (Å²) >= 11 is 0. The number of allylic oxidation sites excluding steroid dienone is 2. The van der Waals surface area contributed by atoms with Crippen molar-refractivity contribution in [2.24, 2.45) is 5.92 Å². The summed E-state index contributed by atoms with van der Waals surface area (Å²) in [6, 6.07) is 11.3. The molecule has 0 spiro atoms. The first-order chi connectivity index (χ1) is 19.9. The highest BCUT2D eigenvalue weighted by Gasteiger charge is 2.47. The van der Waals surface area contributed by atoms with E-state index in [2.05, 4.69) is 10.0 Å². The van der Waals surface area contributed by atoms with Gasteiger partial charge in [0.05, 0.1) is 25.2 Å². The number of nitrogens with one attached hydrogen (secondary N) is 2. The number of rotatable bonds is 10. The first-order valence-corrected chi connectivity index (χ1v) is 14.8. The van der Waals surface area contributed by atoms with E-state index < -0.39 is 38.7 Å². The number of amides is 1. The molecule has 1 unspecified atom stereocenters. The summed E-state index contributed by atoms with van der Waals surface area (Å²) in [6.07, 6.45) is 4.59. The number of fused-ring (bicyclic) bond motifs is 1. The van der Waals surface area contributed by atoms with Gasteiger partial charge in [-0.2, -0.15) is 4.72 Å². The Balaban J connectivity index is 1.79. The van der Waals surface area contributed by atoms with Crippen LogP contribution < -0.4 is 14.8 Å². The van der Waals surface area contributed by atoms with E-state index in [1.54, 1.807) is 45.1 Å². The Hall–Kier alpha value is -4.22. The van der Waals surface area contributed by atoms with Crippen molar-refractivity contribution in [3.8, 4) is 5.75 Å². The zero-order valence-corrected chi connectivity index (χ0v) is 25.1. The molecule has 1 aromatic heterocycles. The third-order valence-corrected chi connectivity index (χ3v) is 9.24. The van der Waals surface area contributed by atoms with Gasteiger partial charge in [-0.15, -0.1) is 0 Å². The van der Waals surface area contributed by atoms with Gasteiger partial charge >= 0.3 is 5.97 Å². The van der Waals surface area contributed by atoms with Gasteiger partial charge in [-0.25, -0.2) is 8.42 Å². The van der Waals surface area contributed by atoms with Gasteiger partial charge < -0.3 is 19.2 Å². The maximum Gasteiger partial charge on any atom is 0.324 e. The molecule has 11 heteroatoms. The summed E-state index contributed by atoms with van der Waals surface area (Å²) < 4.78 is 46.7. The number of esters is 1. The van der Waals surface area contributed by atoms with Crippen LogP contribution in [0.3, 0.4) is 0 Å². The summed E-state index contributed by atoms with van der Waals surface area (Å²) in [5, 5.41) is 3.10. The number of sulfonamides is 1. The molecule has 2 atom stereocenters. The van der Waals surface area contributed by atoms with Crippen molar-refractivity contribution in [2.45, 2.75) is 45.0 Å². The van der Waals surface area contributed by atoms with Crippen LogP contribution in [0, 0.1) is 12.8 Å². The van der Waals surface area contributed by atoms with E-state index in [9.17, 15) is 22.8 Å². The second-order valence-electron chi connectivity index (χ2n) is 10.4. The number of hydrogen-bond donors (Lipinski definition) is 2. The van der Waals surface area contributed by atoms with E-state index >= 15 is 0 Å². The summed E-state index contributed by atoms with van der Waals surface area (Å²) in [5.74, 6) is -2.11. The predicted molar refractivity (Wildman–Crippen MR) is 159 cm³/mol. The van der Waals surface area contributed by atoms with Gasteiger partial charge in [0, 0.05) is 12.0 Å². The Labute approximate surface area is 244 Å². The number of hydrogen-bond acceptors (Lipinski definition) is 8. The Morgan fingerprint density at radius 2 is 1.74 bits per heavy atom. The SMILES string of the molecule is COC(=O)[C@@H](NS(=O)(=O)C1(NC(=O)c2oc3ccc(C(C)=O)c(OC)c3c2C)C=CC(c2ccccc2)=CC1)C(C)C. The van der Waals surface area contributed by atoms with Gasteiger partial charge in [-0.1, -0.05) is 56.3 Å². The van der Waals surface area contributed by atoms with Crippen molar-refractivity contribution in [1.29, 1.82) is 0 Å². The van der Waals surface area contributed by atoms with Crippen molar-refractivity contribution in [3.63, 3.8) is 0 Å². The van der Waals surface area contributed by atoms with Crippen LogP contribution in [0.2, 0.25) is 0 Å². The minimum atomic E-state index is -4.45. The lowest BCUT2D eigenvalue weighted by molar-refractivity contribution is -0.143. The Morgan fingerprint density at radius 1 is 1.05 bits per heavy atom. The molecule has 2 aromatic carbocycles. The van der Waals surface area contributed by atoms with Gasteiger partial charge in [0.25, 0.3) is 5.91 Å². The topological polar surface area (TPSA) is 141 Å². The summed E-state index contributed by atoms with van der Waals surface area (Å²) in [4.78, 5) is 36.4. The minimum Gasteiger partial charge on any atom is -0.495 e. The quantitative estimate of drug-likeness (QED) is 0.258. The largest absolute Gasteiger partial charge is 0.495 e. The average molecular weight is 595 g/mol. The van der Waals surface area contributed by atoms with Gasteiger partial charge in [0.2, 0.25) is 10.0 Å². The number of furan rings is 1. The molecule has 1 amide bonds. The fourth-order valence-electron chi connectivity index (χ4n) is 4.94. The molecule has 4 rings (SSSR count). The first-order valence-electron chi connectivity index (χ1n) is 13.3. The number of ketones is 1. The summed E-state index contributed by atoms with van der Waals surface area (Å²) in [6.45, 7) is 6.39. The molecule has 42 heavy (non-hydrogen) atoms. The van der Waals surface area contributed by atoms with Crippen LogP contribution >= 0.6 is 0 Å². The summed E-state index contributed by atoms with van der Waals surface area (Å²) in [7, 11) is -1.86. The van der Waals surface area contributed by atoms with E-state index in [0.717, 1.165) is 11.1 Å². The van der Waals surface area contributed by atoms with Crippen LogP contribution in [0.5, 0.6) is 5.75 Å². The highest BCUT2D eigenvalue weighted by Crippen LogP contribution is 2.37. The molecule has 1 heterocycles. The van der Waals surface area contributed by atoms with Crippen molar-refractivity contribution in [2.75, 3.05) is 14.2 Å². The van der Waals surface area contributed by atoms with E-state index in [4.69, 9.17) is 13.9 Å². The number of Topliss-reactive ketones (excluding diaryl/α,β-unsaturated/α-hetero) is 1. The molecule has 0 aliphatic heterocycles. The molecule has 0 bridgehead atoms. The number of methoxy groups -OCH3 is 2. The van der Waals surface area contributed by atoms with Gasteiger partial charge in [-0.05, 0) is 49.1 Å². The highest BCUT2D eigenvalue weighted by molar-refractivity contribution is 7.91. The van der Waals surface area contributed by atoms with Crippen LogP contribution in [0.1, 0.15) is 59.2 Å². The lowest BCUT2D eigenvalue weighted by Gasteiger charge is -2.34. The predicted octanol–water partition coefficient (Wildman–Crippen LogP) is 4.54. The van der Waals surface area contributed by atoms with E-state index in [-0.39, 0.29) is 23.7 Å². The molecule has 2 N–H and O–H groups in total. The molecule has 0 saturated heterocycles. The molecule has 0 fully saturated rings. The molecule has 0 saturated carbocycles. The van der Waals surface area contributed by atoms with E-state index in [1.807, 2.05) is 30.3 Å². The van der Waals surface area contributed by atoms with Crippen molar-refractivity contribution in [3.05, 3.63) is 83.1 Å². The molecule has 0 radical (unpaired) electrons. The molecule has 1 aliphatic rings. The number of aryl methyl sites for hydroxylation is 1. The zero-order valence-electron chi connectivity index (χ0n) is 24.3. The number of carbonyl (C=O) groups is 3. The summed E-state index contributed by atoms with van der Waals surface area (Å²) in [5.41, 5.74) is 2.63. The lowest BCUT2D eigenvalue weighted by Crippen LogP contribution is -2.60. The fraction of sp³-hybridized carbons (Fsp3) is 0.323. The zero-order chi connectivity index (χ0) is 30.8. The van der Waals surface area contributed by atoms with Crippen molar-refractivity contribution < 1.29 is 36.7 Å². The van der Waals surface area contributed by atoms with Crippen LogP contribution in [0.15, 0.2) is 65.1 Å². The average Bonchev–Trinajstić information content (AvgIpc) is 3.32. The number of ether oxygens (including phenoxy) is 2.